The highest BCUT2D eigenvalue weighted by atomic mass is 32.2. The lowest BCUT2D eigenvalue weighted by Gasteiger charge is -1.97. The van der Waals surface area contributed by atoms with Crippen LogP contribution in [-0.4, -0.2) is 15.1 Å². The standard InChI is InChI=1S/C9H7N3O3S/c13-12(14)8-1-2-9(10-5-8)16-6-7-3-4-15-11-7/h1-5H,6H2. The molecule has 0 spiro atoms. The van der Waals surface area contributed by atoms with Gasteiger partial charge in [0.05, 0.1) is 15.6 Å². The molecule has 2 aromatic heterocycles. The van der Waals surface area contributed by atoms with Gasteiger partial charge >= 0.3 is 0 Å². The number of thioether (sulfide) groups is 1. The van der Waals surface area contributed by atoms with Crippen molar-refractivity contribution in [1.29, 1.82) is 0 Å². The van der Waals surface area contributed by atoms with Crippen molar-refractivity contribution in [1.82, 2.24) is 10.1 Å². The Labute approximate surface area is 94.8 Å². The molecule has 2 rings (SSSR count). The fraction of sp³-hybridized carbons (Fsp3) is 0.111. The largest absolute Gasteiger partial charge is 0.364 e. The minimum absolute atomic E-state index is 0.00853. The first-order valence-electron chi connectivity index (χ1n) is 4.38. The first-order valence-corrected chi connectivity index (χ1v) is 5.37. The van der Waals surface area contributed by atoms with Gasteiger partial charge in [0.2, 0.25) is 0 Å². The van der Waals surface area contributed by atoms with E-state index >= 15 is 0 Å². The van der Waals surface area contributed by atoms with Crippen LogP contribution in [0.3, 0.4) is 0 Å². The minimum atomic E-state index is -0.473. The van der Waals surface area contributed by atoms with Crippen molar-refractivity contribution in [2.24, 2.45) is 0 Å². The summed E-state index contributed by atoms with van der Waals surface area (Å²) < 4.78 is 4.68. The third-order valence-corrected chi connectivity index (χ3v) is 2.77. The molecular weight excluding hydrogens is 230 g/mol. The van der Waals surface area contributed by atoms with E-state index in [-0.39, 0.29) is 5.69 Å². The van der Waals surface area contributed by atoms with Crippen LogP contribution in [0.15, 0.2) is 40.2 Å². The van der Waals surface area contributed by atoms with Gasteiger partial charge in [-0.2, -0.15) is 0 Å². The molecule has 82 valence electrons. The maximum Gasteiger partial charge on any atom is 0.287 e. The molecular formula is C9H7N3O3S. The van der Waals surface area contributed by atoms with Crippen molar-refractivity contribution in [3.8, 4) is 0 Å². The van der Waals surface area contributed by atoms with Crippen molar-refractivity contribution < 1.29 is 9.45 Å². The van der Waals surface area contributed by atoms with Gasteiger partial charge in [0.15, 0.2) is 0 Å². The van der Waals surface area contributed by atoms with E-state index in [0.717, 1.165) is 5.69 Å². The maximum atomic E-state index is 10.4. The molecule has 0 fully saturated rings. The Morgan fingerprint density at radius 2 is 2.31 bits per heavy atom. The number of rotatable bonds is 4. The van der Waals surface area contributed by atoms with Gasteiger partial charge in [0, 0.05) is 17.9 Å². The van der Waals surface area contributed by atoms with Crippen LogP contribution in [0.5, 0.6) is 0 Å². The summed E-state index contributed by atoms with van der Waals surface area (Å²) >= 11 is 1.44. The number of nitro groups is 1. The molecule has 6 nitrogen and oxygen atoms in total. The first kappa shape index (κ1) is 10.6. The van der Waals surface area contributed by atoms with Gasteiger partial charge in [-0.25, -0.2) is 4.98 Å². The molecule has 2 aromatic rings. The molecule has 0 saturated heterocycles. The zero-order chi connectivity index (χ0) is 11.4. The van der Waals surface area contributed by atoms with Gasteiger partial charge in [0.1, 0.15) is 12.5 Å². The van der Waals surface area contributed by atoms with Crippen LogP contribution in [-0.2, 0) is 5.75 Å². The van der Waals surface area contributed by atoms with Crippen molar-refractivity contribution >= 4 is 17.4 Å². The summed E-state index contributed by atoms with van der Waals surface area (Å²) in [4.78, 5) is 13.9. The van der Waals surface area contributed by atoms with Crippen LogP contribution < -0.4 is 0 Å². The Morgan fingerprint density at radius 1 is 1.44 bits per heavy atom. The molecule has 0 N–H and O–H groups in total. The lowest BCUT2D eigenvalue weighted by Crippen LogP contribution is -1.89. The summed E-state index contributed by atoms with van der Waals surface area (Å²) in [6, 6.07) is 4.80. The second-order valence-electron chi connectivity index (χ2n) is 2.89. The van der Waals surface area contributed by atoms with E-state index in [1.165, 1.54) is 30.3 Å². The first-order chi connectivity index (χ1) is 7.75. The van der Waals surface area contributed by atoms with Gasteiger partial charge < -0.3 is 4.52 Å². The lowest BCUT2D eigenvalue weighted by atomic mass is 10.4. The Bertz CT molecular complexity index is 469. The van der Waals surface area contributed by atoms with E-state index < -0.39 is 4.92 Å². The minimum Gasteiger partial charge on any atom is -0.364 e. The fourth-order valence-electron chi connectivity index (χ4n) is 1.03. The Balaban J connectivity index is 1.98. The van der Waals surface area contributed by atoms with E-state index in [9.17, 15) is 10.1 Å². The third kappa shape index (κ3) is 2.57. The number of pyridine rings is 1. The predicted octanol–water partition coefficient (Wildman–Crippen LogP) is 2.27. The highest BCUT2D eigenvalue weighted by Crippen LogP contribution is 2.21. The van der Waals surface area contributed by atoms with E-state index in [1.54, 1.807) is 12.1 Å². The van der Waals surface area contributed by atoms with Gasteiger partial charge in [-0.3, -0.25) is 10.1 Å². The SMILES string of the molecule is O=[N+]([O-])c1ccc(SCc2ccon2)nc1. The average molecular weight is 237 g/mol. The van der Waals surface area contributed by atoms with Crippen LogP contribution in [0.1, 0.15) is 5.69 Å². The lowest BCUT2D eigenvalue weighted by molar-refractivity contribution is -0.385. The molecule has 0 aliphatic carbocycles. The molecule has 0 atom stereocenters. The van der Waals surface area contributed by atoms with Crippen molar-refractivity contribution in [2.75, 3.05) is 0 Å². The highest BCUT2D eigenvalue weighted by molar-refractivity contribution is 7.98. The van der Waals surface area contributed by atoms with Crippen molar-refractivity contribution in [3.63, 3.8) is 0 Å². The Kier molecular flexibility index (Phi) is 3.16. The second kappa shape index (κ2) is 4.75. The molecule has 0 unspecified atom stereocenters. The summed E-state index contributed by atoms with van der Waals surface area (Å²) in [5.74, 6) is 0.626. The second-order valence-corrected chi connectivity index (χ2v) is 3.89. The summed E-state index contributed by atoms with van der Waals surface area (Å²) in [5, 5.41) is 14.9. The number of hydrogen-bond acceptors (Lipinski definition) is 6. The summed E-state index contributed by atoms with van der Waals surface area (Å²) in [6.45, 7) is 0. The van der Waals surface area contributed by atoms with Crippen molar-refractivity contribution in [3.05, 3.63) is 46.5 Å². The van der Waals surface area contributed by atoms with Gasteiger partial charge in [-0.1, -0.05) is 16.9 Å². The smallest absolute Gasteiger partial charge is 0.287 e. The third-order valence-electron chi connectivity index (χ3n) is 1.79. The number of aromatic nitrogens is 2. The Hall–Kier alpha value is -1.89. The molecule has 7 heteroatoms. The molecule has 0 bridgehead atoms. The summed E-state index contributed by atoms with van der Waals surface area (Å²) in [7, 11) is 0. The molecule has 0 saturated carbocycles. The van der Waals surface area contributed by atoms with E-state index in [1.807, 2.05) is 0 Å². The zero-order valence-corrected chi connectivity index (χ0v) is 8.88. The maximum absolute atomic E-state index is 10.4. The van der Waals surface area contributed by atoms with E-state index in [2.05, 4.69) is 14.7 Å². The molecule has 0 aliphatic rings. The summed E-state index contributed by atoms with van der Waals surface area (Å²) in [5.41, 5.74) is 0.802. The molecule has 0 radical (unpaired) electrons. The molecule has 16 heavy (non-hydrogen) atoms. The van der Waals surface area contributed by atoms with Gasteiger partial charge in [0.25, 0.3) is 5.69 Å². The fourth-order valence-corrected chi connectivity index (χ4v) is 1.76. The van der Waals surface area contributed by atoms with Crippen LogP contribution in [0.2, 0.25) is 0 Å². The monoisotopic (exact) mass is 237 g/mol. The van der Waals surface area contributed by atoms with Crippen molar-refractivity contribution in [2.45, 2.75) is 10.8 Å². The number of hydrogen-bond donors (Lipinski definition) is 0. The van der Waals surface area contributed by atoms with Crippen LogP contribution in [0.25, 0.3) is 0 Å². The highest BCUT2D eigenvalue weighted by Gasteiger charge is 2.06. The molecule has 2 heterocycles. The normalized spacial score (nSPS) is 10.2. The quantitative estimate of drug-likeness (QED) is 0.461. The molecule has 0 aromatic carbocycles. The van der Waals surface area contributed by atoms with Crippen LogP contribution in [0, 0.1) is 10.1 Å². The summed E-state index contributed by atoms with van der Waals surface area (Å²) in [6.07, 6.45) is 2.74. The topological polar surface area (TPSA) is 82.1 Å². The zero-order valence-electron chi connectivity index (χ0n) is 8.07. The molecule has 0 amide bonds. The number of nitrogens with zero attached hydrogens (tertiary/aromatic N) is 3. The van der Waals surface area contributed by atoms with Gasteiger partial charge in [-0.05, 0) is 6.07 Å². The Morgan fingerprint density at radius 3 is 2.88 bits per heavy atom. The van der Waals surface area contributed by atoms with Gasteiger partial charge in [-0.15, -0.1) is 0 Å². The predicted molar refractivity (Wildman–Crippen MR) is 57.0 cm³/mol. The van der Waals surface area contributed by atoms with E-state index in [4.69, 9.17) is 0 Å². The van der Waals surface area contributed by atoms with Crippen LogP contribution >= 0.6 is 11.8 Å². The van der Waals surface area contributed by atoms with E-state index in [0.29, 0.717) is 10.8 Å². The average Bonchev–Trinajstić information content (AvgIpc) is 2.80. The van der Waals surface area contributed by atoms with Crippen LogP contribution in [0.4, 0.5) is 5.69 Å². The molecule has 0 aliphatic heterocycles.